The highest BCUT2D eigenvalue weighted by atomic mass is 35.5. The molecule has 4 nitrogen and oxygen atoms in total. The van der Waals surface area contributed by atoms with Gasteiger partial charge in [-0.3, -0.25) is 9.59 Å². The number of hydrogen-bond acceptors (Lipinski definition) is 2. The topological polar surface area (TPSA) is 58.2 Å². The van der Waals surface area contributed by atoms with Crippen LogP contribution >= 0.6 is 11.6 Å². The van der Waals surface area contributed by atoms with Crippen molar-refractivity contribution in [2.45, 2.75) is 18.5 Å². The third-order valence-corrected chi connectivity index (χ3v) is 4.85. The summed E-state index contributed by atoms with van der Waals surface area (Å²) >= 11 is 6.04. The number of nitrogens with one attached hydrogen (secondary N) is 2. The Morgan fingerprint density at radius 3 is 2.41 bits per heavy atom. The summed E-state index contributed by atoms with van der Waals surface area (Å²) in [6, 6.07) is 11.2. The van der Waals surface area contributed by atoms with Gasteiger partial charge in [-0.2, -0.15) is 13.2 Å². The van der Waals surface area contributed by atoms with E-state index in [2.05, 4.69) is 10.6 Å². The SMILES string of the molecule is O=C1NCCC(c2ccc(C(F)(F)F)cc2)C1C(=O)Nc1ccccc1Cl. The fourth-order valence-corrected chi connectivity index (χ4v) is 3.35. The molecule has 1 aliphatic heterocycles. The fourth-order valence-electron chi connectivity index (χ4n) is 3.16. The Balaban J connectivity index is 1.86. The van der Waals surface area contributed by atoms with Crippen molar-refractivity contribution in [3.05, 3.63) is 64.7 Å². The number of para-hydroxylation sites is 1. The average Bonchev–Trinajstić information content (AvgIpc) is 2.62. The Morgan fingerprint density at radius 1 is 1.11 bits per heavy atom. The monoisotopic (exact) mass is 396 g/mol. The normalized spacial score (nSPS) is 20.1. The van der Waals surface area contributed by atoms with Crippen LogP contribution in [0, 0.1) is 5.92 Å². The smallest absolute Gasteiger partial charge is 0.355 e. The summed E-state index contributed by atoms with van der Waals surface area (Å²) < 4.78 is 38.3. The number of rotatable bonds is 3. The van der Waals surface area contributed by atoms with E-state index < -0.39 is 35.4 Å². The Labute approximate surface area is 158 Å². The zero-order valence-corrected chi connectivity index (χ0v) is 14.8. The van der Waals surface area contributed by atoms with Crippen molar-refractivity contribution in [2.24, 2.45) is 5.92 Å². The summed E-state index contributed by atoms with van der Waals surface area (Å²) in [7, 11) is 0. The molecule has 142 valence electrons. The minimum absolute atomic E-state index is 0.327. The van der Waals surface area contributed by atoms with Crippen LogP contribution in [0.15, 0.2) is 48.5 Å². The number of halogens is 4. The van der Waals surface area contributed by atoms with Crippen LogP contribution in [0.25, 0.3) is 0 Å². The van der Waals surface area contributed by atoms with Crippen LogP contribution in [0.4, 0.5) is 18.9 Å². The zero-order chi connectivity index (χ0) is 19.6. The van der Waals surface area contributed by atoms with Crippen molar-refractivity contribution in [2.75, 3.05) is 11.9 Å². The lowest BCUT2D eigenvalue weighted by atomic mass is 9.80. The zero-order valence-electron chi connectivity index (χ0n) is 14.0. The molecule has 1 fully saturated rings. The summed E-state index contributed by atoms with van der Waals surface area (Å²) in [4.78, 5) is 25.1. The molecule has 2 amide bonds. The quantitative estimate of drug-likeness (QED) is 0.763. The number of alkyl halides is 3. The minimum Gasteiger partial charge on any atom is -0.355 e. The number of benzene rings is 2. The second kappa shape index (κ2) is 7.60. The first-order chi connectivity index (χ1) is 12.8. The van der Waals surface area contributed by atoms with E-state index >= 15 is 0 Å². The highest BCUT2D eigenvalue weighted by Crippen LogP contribution is 2.35. The molecule has 1 heterocycles. The van der Waals surface area contributed by atoms with Crippen molar-refractivity contribution < 1.29 is 22.8 Å². The number of amides is 2. The molecule has 3 rings (SSSR count). The van der Waals surface area contributed by atoms with Crippen molar-refractivity contribution in [1.29, 1.82) is 0 Å². The fraction of sp³-hybridized carbons (Fsp3) is 0.263. The van der Waals surface area contributed by atoms with Crippen molar-refractivity contribution >= 4 is 29.1 Å². The molecule has 2 N–H and O–H groups in total. The second-order valence-electron chi connectivity index (χ2n) is 6.25. The van der Waals surface area contributed by atoms with E-state index in [-0.39, 0.29) is 0 Å². The Hall–Kier alpha value is -2.54. The van der Waals surface area contributed by atoms with Crippen LogP contribution in [0.1, 0.15) is 23.5 Å². The van der Waals surface area contributed by atoms with Gasteiger partial charge in [0.2, 0.25) is 11.8 Å². The van der Waals surface area contributed by atoms with E-state index in [0.29, 0.717) is 29.2 Å². The molecule has 8 heteroatoms. The first-order valence-corrected chi connectivity index (χ1v) is 8.65. The number of carbonyl (C=O) groups is 2. The molecule has 27 heavy (non-hydrogen) atoms. The molecule has 2 unspecified atom stereocenters. The summed E-state index contributed by atoms with van der Waals surface area (Å²) in [5, 5.41) is 5.60. The predicted octanol–water partition coefficient (Wildman–Crippen LogP) is 4.22. The van der Waals surface area contributed by atoms with E-state index in [1.165, 1.54) is 12.1 Å². The summed E-state index contributed by atoms with van der Waals surface area (Å²) in [6.07, 6.45) is -4.00. The van der Waals surface area contributed by atoms with Gasteiger partial charge in [0.05, 0.1) is 16.3 Å². The predicted molar refractivity (Wildman–Crippen MR) is 95.4 cm³/mol. The van der Waals surface area contributed by atoms with E-state index in [1.54, 1.807) is 24.3 Å². The van der Waals surface area contributed by atoms with Gasteiger partial charge in [-0.15, -0.1) is 0 Å². The third kappa shape index (κ3) is 4.24. The molecular weight excluding hydrogens is 381 g/mol. The maximum atomic E-state index is 12.8. The van der Waals surface area contributed by atoms with Crippen LogP contribution in [-0.2, 0) is 15.8 Å². The molecule has 1 saturated heterocycles. The van der Waals surface area contributed by atoms with Crippen LogP contribution in [0.5, 0.6) is 0 Å². The van der Waals surface area contributed by atoms with Crippen LogP contribution in [0.3, 0.4) is 0 Å². The van der Waals surface area contributed by atoms with Gasteiger partial charge in [-0.25, -0.2) is 0 Å². The second-order valence-corrected chi connectivity index (χ2v) is 6.66. The van der Waals surface area contributed by atoms with Crippen molar-refractivity contribution in [3.8, 4) is 0 Å². The molecule has 1 aliphatic rings. The molecule has 2 atom stereocenters. The lowest BCUT2D eigenvalue weighted by Gasteiger charge is -2.30. The first-order valence-electron chi connectivity index (χ1n) is 8.27. The maximum Gasteiger partial charge on any atom is 0.416 e. The van der Waals surface area contributed by atoms with Gasteiger partial charge < -0.3 is 10.6 Å². The highest BCUT2D eigenvalue weighted by molar-refractivity contribution is 6.33. The molecule has 2 aromatic carbocycles. The number of carbonyl (C=O) groups excluding carboxylic acids is 2. The Kier molecular flexibility index (Phi) is 5.41. The first kappa shape index (κ1) is 19.2. The van der Waals surface area contributed by atoms with Crippen molar-refractivity contribution in [3.63, 3.8) is 0 Å². The lowest BCUT2D eigenvalue weighted by Crippen LogP contribution is -2.46. The van der Waals surface area contributed by atoms with Gasteiger partial charge >= 0.3 is 6.18 Å². The molecule has 2 aromatic rings. The van der Waals surface area contributed by atoms with Gasteiger partial charge in [-0.1, -0.05) is 35.9 Å². The van der Waals surface area contributed by atoms with E-state index in [4.69, 9.17) is 11.6 Å². The van der Waals surface area contributed by atoms with Gasteiger partial charge in [0.1, 0.15) is 5.92 Å². The van der Waals surface area contributed by atoms with Crippen LogP contribution < -0.4 is 10.6 Å². The van der Waals surface area contributed by atoms with E-state index in [0.717, 1.165) is 12.1 Å². The van der Waals surface area contributed by atoms with Gasteiger partial charge in [0.25, 0.3) is 0 Å². The molecule has 0 aromatic heterocycles. The molecule has 0 aliphatic carbocycles. The highest BCUT2D eigenvalue weighted by Gasteiger charge is 2.39. The molecular formula is C19H16ClF3N2O2. The number of anilines is 1. The third-order valence-electron chi connectivity index (χ3n) is 4.52. The number of hydrogen-bond donors (Lipinski definition) is 2. The van der Waals surface area contributed by atoms with Crippen LogP contribution in [-0.4, -0.2) is 18.4 Å². The van der Waals surface area contributed by atoms with Gasteiger partial charge in [0, 0.05) is 12.5 Å². The summed E-state index contributed by atoms with van der Waals surface area (Å²) in [5.41, 5.74) is 0.106. The van der Waals surface area contributed by atoms with Crippen molar-refractivity contribution in [1.82, 2.24) is 5.32 Å². The average molecular weight is 397 g/mol. The van der Waals surface area contributed by atoms with E-state index in [1.807, 2.05) is 0 Å². The molecule has 0 radical (unpaired) electrons. The van der Waals surface area contributed by atoms with Gasteiger partial charge in [-0.05, 0) is 36.2 Å². The Morgan fingerprint density at radius 2 is 1.78 bits per heavy atom. The maximum absolute atomic E-state index is 12.8. The molecule has 0 spiro atoms. The number of piperidine rings is 1. The Bertz CT molecular complexity index is 853. The van der Waals surface area contributed by atoms with E-state index in [9.17, 15) is 22.8 Å². The van der Waals surface area contributed by atoms with Crippen LogP contribution in [0.2, 0.25) is 5.02 Å². The largest absolute Gasteiger partial charge is 0.416 e. The minimum atomic E-state index is -4.44. The summed E-state index contributed by atoms with van der Waals surface area (Å²) in [5.74, 6) is -2.60. The molecule has 0 bridgehead atoms. The standard InChI is InChI=1S/C19H16ClF3N2O2/c20-14-3-1-2-4-15(14)25-18(27)16-13(9-10-24-17(16)26)11-5-7-12(8-6-11)19(21,22)23/h1-8,13,16H,9-10H2,(H,24,26)(H,25,27). The van der Waals surface area contributed by atoms with Gasteiger partial charge in [0.15, 0.2) is 0 Å². The summed E-state index contributed by atoms with van der Waals surface area (Å²) in [6.45, 7) is 0.348. The lowest BCUT2D eigenvalue weighted by molar-refractivity contribution is -0.138. The molecule has 0 saturated carbocycles.